The van der Waals surface area contributed by atoms with Gasteiger partial charge in [-0.3, -0.25) is 0 Å². The second-order valence-corrected chi connectivity index (χ2v) is 2.87. The minimum absolute atomic E-state index is 0.489. The Morgan fingerprint density at radius 3 is 3.00 bits per heavy atom. The lowest BCUT2D eigenvalue weighted by Crippen LogP contribution is -2.39. The fraction of sp³-hybridized carbons (Fsp3) is 0.778. The Bertz CT molecular complexity index is 121. The van der Waals surface area contributed by atoms with Crippen LogP contribution < -0.4 is 0 Å². The van der Waals surface area contributed by atoms with Crippen LogP contribution in [-0.4, -0.2) is 19.3 Å². The predicted molar refractivity (Wildman–Crippen MR) is 44.3 cm³/mol. The molecule has 2 heteroatoms. The molecule has 0 spiro atoms. The molecule has 1 aliphatic rings. The molecule has 0 N–H and O–H groups in total. The first-order valence-corrected chi connectivity index (χ1v) is 4.22. The van der Waals surface area contributed by atoms with Crippen molar-refractivity contribution in [1.82, 2.24) is 0 Å². The Hall–Kier alpha value is -0.500. The largest absolute Gasteiger partial charge is 0.502 e. The second kappa shape index (κ2) is 4.39. The molecule has 1 heterocycles. The standard InChI is InChI=1S/C9H16O2/c1-3-9-8(7-11-9)5-6-10-4-2/h4,8-9H,2-3,5-7H2,1H3. The second-order valence-electron chi connectivity index (χ2n) is 2.87. The van der Waals surface area contributed by atoms with Crippen LogP contribution in [0.2, 0.25) is 0 Å². The van der Waals surface area contributed by atoms with Gasteiger partial charge in [0.25, 0.3) is 0 Å². The van der Waals surface area contributed by atoms with E-state index in [1.807, 2.05) is 0 Å². The number of hydrogen-bond donors (Lipinski definition) is 0. The van der Waals surface area contributed by atoms with E-state index in [9.17, 15) is 0 Å². The molecule has 0 saturated carbocycles. The van der Waals surface area contributed by atoms with Crippen LogP contribution >= 0.6 is 0 Å². The number of hydrogen-bond acceptors (Lipinski definition) is 2. The van der Waals surface area contributed by atoms with E-state index in [0.717, 1.165) is 32.0 Å². The van der Waals surface area contributed by atoms with Gasteiger partial charge in [0.2, 0.25) is 0 Å². The van der Waals surface area contributed by atoms with Crippen LogP contribution in [0.3, 0.4) is 0 Å². The van der Waals surface area contributed by atoms with Gasteiger partial charge >= 0.3 is 0 Å². The fourth-order valence-electron chi connectivity index (χ4n) is 1.39. The summed E-state index contributed by atoms with van der Waals surface area (Å²) >= 11 is 0. The quantitative estimate of drug-likeness (QED) is 0.447. The lowest BCUT2D eigenvalue weighted by molar-refractivity contribution is -0.122. The maximum absolute atomic E-state index is 5.34. The molecular formula is C9H16O2. The monoisotopic (exact) mass is 156 g/mol. The Balaban J connectivity index is 2.02. The zero-order valence-electron chi connectivity index (χ0n) is 7.08. The zero-order chi connectivity index (χ0) is 8.10. The van der Waals surface area contributed by atoms with Crippen LogP contribution in [0.15, 0.2) is 12.8 Å². The molecule has 11 heavy (non-hydrogen) atoms. The van der Waals surface area contributed by atoms with Gasteiger partial charge in [0, 0.05) is 5.92 Å². The maximum atomic E-state index is 5.34. The first kappa shape index (κ1) is 8.60. The summed E-state index contributed by atoms with van der Waals surface area (Å²) in [4.78, 5) is 0. The molecule has 0 amide bonds. The predicted octanol–water partition coefficient (Wildman–Crippen LogP) is 1.96. The molecule has 0 bridgehead atoms. The van der Waals surface area contributed by atoms with Crippen LogP contribution in [0.4, 0.5) is 0 Å². The minimum atomic E-state index is 0.489. The van der Waals surface area contributed by atoms with Gasteiger partial charge in [-0.2, -0.15) is 0 Å². The minimum Gasteiger partial charge on any atom is -0.502 e. The summed E-state index contributed by atoms with van der Waals surface area (Å²) in [5.41, 5.74) is 0. The Morgan fingerprint density at radius 2 is 2.55 bits per heavy atom. The molecule has 0 aromatic heterocycles. The van der Waals surface area contributed by atoms with Crippen molar-refractivity contribution in [3.05, 3.63) is 12.8 Å². The van der Waals surface area contributed by atoms with Crippen LogP contribution in [0.5, 0.6) is 0 Å². The Labute approximate surface area is 68.2 Å². The maximum Gasteiger partial charge on any atom is 0.0877 e. The van der Waals surface area contributed by atoms with Gasteiger partial charge in [-0.25, -0.2) is 0 Å². The number of rotatable bonds is 5. The van der Waals surface area contributed by atoms with Crippen molar-refractivity contribution >= 4 is 0 Å². The lowest BCUT2D eigenvalue weighted by atomic mass is 9.93. The highest BCUT2D eigenvalue weighted by Gasteiger charge is 2.29. The highest BCUT2D eigenvalue weighted by molar-refractivity contribution is 4.77. The Kier molecular flexibility index (Phi) is 3.43. The van der Waals surface area contributed by atoms with Crippen molar-refractivity contribution in [1.29, 1.82) is 0 Å². The highest BCUT2D eigenvalue weighted by Crippen LogP contribution is 2.25. The van der Waals surface area contributed by atoms with Crippen LogP contribution in [0.1, 0.15) is 19.8 Å². The van der Waals surface area contributed by atoms with Crippen molar-refractivity contribution in [2.75, 3.05) is 13.2 Å². The van der Waals surface area contributed by atoms with Gasteiger partial charge in [0.05, 0.1) is 25.6 Å². The fourth-order valence-corrected chi connectivity index (χ4v) is 1.39. The molecule has 64 valence electrons. The third-order valence-electron chi connectivity index (χ3n) is 2.18. The molecule has 1 aliphatic heterocycles. The van der Waals surface area contributed by atoms with Gasteiger partial charge in [0.15, 0.2) is 0 Å². The molecule has 0 radical (unpaired) electrons. The van der Waals surface area contributed by atoms with Crippen molar-refractivity contribution in [3.63, 3.8) is 0 Å². The van der Waals surface area contributed by atoms with Gasteiger partial charge < -0.3 is 9.47 Å². The highest BCUT2D eigenvalue weighted by atomic mass is 16.5. The molecule has 2 atom stereocenters. The summed E-state index contributed by atoms with van der Waals surface area (Å²) in [5.74, 6) is 0.722. The van der Waals surface area contributed by atoms with Crippen LogP contribution in [0.25, 0.3) is 0 Å². The average molecular weight is 156 g/mol. The molecule has 0 aromatic rings. The summed E-state index contributed by atoms with van der Waals surface area (Å²) in [6.45, 7) is 7.35. The van der Waals surface area contributed by atoms with E-state index in [2.05, 4.69) is 13.5 Å². The lowest BCUT2D eigenvalue weighted by Gasteiger charge is -2.36. The van der Waals surface area contributed by atoms with E-state index in [1.54, 1.807) is 0 Å². The van der Waals surface area contributed by atoms with E-state index in [4.69, 9.17) is 9.47 Å². The van der Waals surface area contributed by atoms with Crippen molar-refractivity contribution < 1.29 is 9.47 Å². The molecular weight excluding hydrogens is 140 g/mol. The van der Waals surface area contributed by atoms with Crippen molar-refractivity contribution in [2.45, 2.75) is 25.9 Å². The average Bonchev–Trinajstić information content (AvgIpc) is 1.97. The summed E-state index contributed by atoms with van der Waals surface area (Å²) in [6.07, 6.45) is 4.22. The topological polar surface area (TPSA) is 18.5 Å². The molecule has 0 aromatic carbocycles. The van der Waals surface area contributed by atoms with Crippen molar-refractivity contribution in [2.24, 2.45) is 5.92 Å². The van der Waals surface area contributed by atoms with Gasteiger partial charge in [-0.1, -0.05) is 13.5 Å². The molecule has 2 nitrogen and oxygen atoms in total. The summed E-state index contributed by atoms with van der Waals surface area (Å²) in [6, 6.07) is 0. The SMILES string of the molecule is C=COCCC1COC1CC. The third kappa shape index (κ3) is 2.22. The van der Waals surface area contributed by atoms with E-state index in [-0.39, 0.29) is 0 Å². The van der Waals surface area contributed by atoms with Gasteiger partial charge in [0.1, 0.15) is 0 Å². The van der Waals surface area contributed by atoms with E-state index < -0.39 is 0 Å². The van der Waals surface area contributed by atoms with E-state index in [0.29, 0.717) is 6.10 Å². The van der Waals surface area contributed by atoms with E-state index >= 15 is 0 Å². The number of ether oxygens (including phenoxy) is 2. The third-order valence-corrected chi connectivity index (χ3v) is 2.18. The first-order chi connectivity index (χ1) is 5.38. The van der Waals surface area contributed by atoms with Crippen molar-refractivity contribution in [3.8, 4) is 0 Å². The van der Waals surface area contributed by atoms with Crippen LogP contribution in [-0.2, 0) is 9.47 Å². The summed E-state index contributed by atoms with van der Waals surface area (Å²) < 4.78 is 10.4. The Morgan fingerprint density at radius 1 is 1.73 bits per heavy atom. The van der Waals surface area contributed by atoms with Gasteiger partial charge in [-0.05, 0) is 12.8 Å². The smallest absolute Gasteiger partial charge is 0.0877 e. The first-order valence-electron chi connectivity index (χ1n) is 4.22. The summed E-state index contributed by atoms with van der Waals surface area (Å²) in [5, 5.41) is 0. The normalized spacial score (nSPS) is 29.2. The molecule has 1 saturated heterocycles. The molecule has 0 aliphatic carbocycles. The zero-order valence-corrected chi connectivity index (χ0v) is 7.08. The molecule has 1 rings (SSSR count). The molecule has 2 unspecified atom stereocenters. The van der Waals surface area contributed by atoms with Gasteiger partial charge in [-0.15, -0.1) is 0 Å². The van der Waals surface area contributed by atoms with E-state index in [1.165, 1.54) is 6.26 Å². The van der Waals surface area contributed by atoms with Crippen LogP contribution in [0, 0.1) is 5.92 Å². The molecule has 1 fully saturated rings. The summed E-state index contributed by atoms with van der Waals surface area (Å²) in [7, 11) is 0.